The van der Waals surface area contributed by atoms with Crippen LogP contribution in [0.1, 0.15) is 37.0 Å². The van der Waals surface area contributed by atoms with E-state index in [1.165, 1.54) is 5.75 Å². The van der Waals surface area contributed by atoms with Gasteiger partial charge in [0.25, 0.3) is 5.56 Å². The van der Waals surface area contributed by atoms with Crippen LogP contribution in [-0.4, -0.2) is 33.3 Å². The lowest BCUT2D eigenvalue weighted by Crippen LogP contribution is -2.24. The highest BCUT2D eigenvalue weighted by atomic mass is 32.2. The Bertz CT molecular complexity index is 463. The third-order valence-corrected chi connectivity index (χ3v) is 6.10. The van der Waals surface area contributed by atoms with Gasteiger partial charge in [-0.2, -0.15) is 11.8 Å². The smallest absolute Gasteiger partial charge is 0.251 e. The fourth-order valence-electron chi connectivity index (χ4n) is 2.08. The number of H-pyrrole nitrogens is 1. The summed E-state index contributed by atoms with van der Waals surface area (Å²) in [5, 5.41) is 4.10. The van der Waals surface area contributed by atoms with Crippen molar-refractivity contribution in [3.05, 3.63) is 27.9 Å². The van der Waals surface area contributed by atoms with Crippen molar-refractivity contribution >= 4 is 23.5 Å². The maximum absolute atomic E-state index is 11.8. The Hall–Kier alpha value is -0.460. The third-order valence-electron chi connectivity index (χ3n) is 3.00. The molecule has 106 valence electrons. The first-order valence-electron chi connectivity index (χ1n) is 6.74. The fourth-order valence-corrected chi connectivity index (χ4v) is 4.79. The molecule has 2 rings (SSSR count). The van der Waals surface area contributed by atoms with E-state index < -0.39 is 0 Å². The number of thioether (sulfide) groups is 2. The molecule has 0 aliphatic carbocycles. The monoisotopic (exact) mass is 299 g/mol. The lowest BCUT2D eigenvalue weighted by Gasteiger charge is -2.27. The Morgan fingerprint density at radius 1 is 1.47 bits per heavy atom. The van der Waals surface area contributed by atoms with Gasteiger partial charge in [-0.25, -0.2) is 4.98 Å². The summed E-state index contributed by atoms with van der Waals surface area (Å²) >= 11 is 3.85. The summed E-state index contributed by atoms with van der Waals surface area (Å²) in [5.74, 6) is 3.15. The molecule has 2 heterocycles. The van der Waals surface area contributed by atoms with Crippen molar-refractivity contribution in [3.63, 3.8) is 0 Å². The molecule has 6 heteroatoms. The molecule has 1 aliphatic heterocycles. The molecule has 0 radical (unpaired) electrons. The molecular formula is C13H21N3OS2. The van der Waals surface area contributed by atoms with Crippen LogP contribution in [0, 0.1) is 0 Å². The summed E-state index contributed by atoms with van der Waals surface area (Å²) in [4.78, 5) is 19.3. The highest BCUT2D eigenvalue weighted by Crippen LogP contribution is 2.40. The Morgan fingerprint density at radius 3 is 3.00 bits per heavy atom. The van der Waals surface area contributed by atoms with E-state index in [0.717, 1.165) is 30.2 Å². The lowest BCUT2D eigenvalue weighted by atomic mass is 10.3. The SMILES string of the molecule is CCCNCc1cc(=O)[nH]c(C2SCCSC2C)n1. The molecule has 19 heavy (non-hydrogen) atoms. The van der Waals surface area contributed by atoms with Gasteiger partial charge >= 0.3 is 0 Å². The van der Waals surface area contributed by atoms with Gasteiger partial charge in [0.15, 0.2) is 0 Å². The van der Waals surface area contributed by atoms with E-state index in [1.54, 1.807) is 6.07 Å². The van der Waals surface area contributed by atoms with Crippen LogP contribution in [0.2, 0.25) is 0 Å². The largest absolute Gasteiger partial charge is 0.311 e. The molecule has 2 unspecified atom stereocenters. The minimum Gasteiger partial charge on any atom is -0.311 e. The van der Waals surface area contributed by atoms with Gasteiger partial charge in [0, 0.05) is 29.4 Å². The standard InChI is InChI=1S/C13H21N3OS2/c1-3-4-14-8-10-7-11(17)16-13(15-10)12-9(2)18-5-6-19-12/h7,9,12,14H,3-6,8H2,1-2H3,(H,15,16,17). The van der Waals surface area contributed by atoms with Crippen LogP contribution < -0.4 is 10.9 Å². The van der Waals surface area contributed by atoms with Crippen molar-refractivity contribution in [2.45, 2.75) is 37.3 Å². The summed E-state index contributed by atoms with van der Waals surface area (Å²) < 4.78 is 0. The maximum Gasteiger partial charge on any atom is 0.251 e. The van der Waals surface area contributed by atoms with E-state index in [9.17, 15) is 4.79 Å². The van der Waals surface area contributed by atoms with Gasteiger partial charge in [0.1, 0.15) is 5.82 Å². The molecule has 0 spiro atoms. The first-order chi connectivity index (χ1) is 9.20. The number of nitrogens with zero attached hydrogens (tertiary/aromatic N) is 1. The van der Waals surface area contributed by atoms with Crippen LogP contribution in [0.25, 0.3) is 0 Å². The molecule has 0 bridgehead atoms. The second-order valence-electron chi connectivity index (χ2n) is 4.67. The van der Waals surface area contributed by atoms with Crippen LogP contribution in [0.15, 0.2) is 10.9 Å². The average molecular weight is 299 g/mol. The van der Waals surface area contributed by atoms with E-state index in [1.807, 2.05) is 23.5 Å². The summed E-state index contributed by atoms with van der Waals surface area (Å²) in [6, 6.07) is 1.59. The van der Waals surface area contributed by atoms with E-state index in [-0.39, 0.29) is 5.56 Å². The highest BCUT2D eigenvalue weighted by Gasteiger charge is 2.26. The number of hydrogen-bond donors (Lipinski definition) is 2. The van der Waals surface area contributed by atoms with Gasteiger partial charge in [-0.3, -0.25) is 4.79 Å². The van der Waals surface area contributed by atoms with Crippen molar-refractivity contribution in [2.75, 3.05) is 18.1 Å². The van der Waals surface area contributed by atoms with Crippen LogP contribution in [0.5, 0.6) is 0 Å². The van der Waals surface area contributed by atoms with Crippen molar-refractivity contribution < 1.29 is 0 Å². The Balaban J connectivity index is 2.13. The highest BCUT2D eigenvalue weighted by molar-refractivity contribution is 8.06. The Kier molecular flexibility index (Phi) is 5.78. The van der Waals surface area contributed by atoms with Crippen LogP contribution in [0.4, 0.5) is 0 Å². The predicted molar refractivity (Wildman–Crippen MR) is 84.0 cm³/mol. The molecule has 4 nitrogen and oxygen atoms in total. The van der Waals surface area contributed by atoms with Gasteiger partial charge in [-0.1, -0.05) is 13.8 Å². The van der Waals surface area contributed by atoms with E-state index >= 15 is 0 Å². The van der Waals surface area contributed by atoms with Crippen molar-refractivity contribution in [1.29, 1.82) is 0 Å². The molecule has 2 N–H and O–H groups in total. The number of rotatable bonds is 5. The molecular weight excluding hydrogens is 278 g/mol. The molecule has 1 aromatic rings. The first-order valence-corrected chi connectivity index (χ1v) is 8.84. The van der Waals surface area contributed by atoms with Crippen LogP contribution >= 0.6 is 23.5 Å². The topological polar surface area (TPSA) is 57.8 Å². The minimum absolute atomic E-state index is 0.0401. The van der Waals surface area contributed by atoms with Crippen LogP contribution in [-0.2, 0) is 6.54 Å². The summed E-state index contributed by atoms with van der Waals surface area (Å²) in [7, 11) is 0. The number of hydrogen-bond acceptors (Lipinski definition) is 5. The number of nitrogens with one attached hydrogen (secondary N) is 2. The molecule has 1 aromatic heterocycles. The van der Waals surface area contributed by atoms with Crippen molar-refractivity contribution in [1.82, 2.24) is 15.3 Å². The molecule has 2 atom stereocenters. The van der Waals surface area contributed by atoms with E-state index in [2.05, 4.69) is 29.1 Å². The zero-order chi connectivity index (χ0) is 13.7. The quantitative estimate of drug-likeness (QED) is 0.816. The zero-order valence-electron chi connectivity index (χ0n) is 11.4. The fraction of sp³-hybridized carbons (Fsp3) is 0.692. The molecule has 0 amide bonds. The van der Waals surface area contributed by atoms with Crippen LogP contribution in [0.3, 0.4) is 0 Å². The van der Waals surface area contributed by atoms with Gasteiger partial charge in [0.05, 0.1) is 10.9 Å². The Labute approximate surface area is 122 Å². The number of aromatic amines is 1. The summed E-state index contributed by atoms with van der Waals surface area (Å²) in [5.41, 5.74) is 0.803. The molecule has 0 aromatic carbocycles. The molecule has 0 saturated carbocycles. The second-order valence-corrected chi connectivity index (χ2v) is 7.40. The van der Waals surface area contributed by atoms with E-state index in [4.69, 9.17) is 0 Å². The molecule has 1 aliphatic rings. The normalized spacial score (nSPS) is 23.5. The molecule has 1 saturated heterocycles. The lowest BCUT2D eigenvalue weighted by molar-refractivity contribution is 0.655. The zero-order valence-corrected chi connectivity index (χ0v) is 13.1. The average Bonchev–Trinajstić information content (AvgIpc) is 2.39. The third kappa shape index (κ3) is 4.26. The minimum atomic E-state index is -0.0401. The molecule has 1 fully saturated rings. The van der Waals surface area contributed by atoms with Gasteiger partial charge < -0.3 is 10.3 Å². The number of aromatic nitrogens is 2. The summed E-state index contributed by atoms with van der Waals surface area (Å²) in [6.07, 6.45) is 1.09. The summed E-state index contributed by atoms with van der Waals surface area (Å²) in [6.45, 7) is 5.96. The van der Waals surface area contributed by atoms with Crippen molar-refractivity contribution in [3.8, 4) is 0 Å². The van der Waals surface area contributed by atoms with Gasteiger partial charge in [0.2, 0.25) is 0 Å². The van der Waals surface area contributed by atoms with Gasteiger partial charge in [-0.15, -0.1) is 11.8 Å². The van der Waals surface area contributed by atoms with Crippen molar-refractivity contribution in [2.24, 2.45) is 0 Å². The Morgan fingerprint density at radius 2 is 2.26 bits per heavy atom. The second kappa shape index (κ2) is 7.36. The first kappa shape index (κ1) is 14.9. The van der Waals surface area contributed by atoms with Gasteiger partial charge in [-0.05, 0) is 13.0 Å². The predicted octanol–water partition coefficient (Wildman–Crippen LogP) is 2.18. The van der Waals surface area contributed by atoms with E-state index in [0.29, 0.717) is 17.0 Å². The maximum atomic E-state index is 11.8.